The molecule has 2 aromatic rings. The lowest BCUT2D eigenvalue weighted by Crippen LogP contribution is -2.40. The van der Waals surface area contributed by atoms with Gasteiger partial charge in [0.05, 0.1) is 40.4 Å². The Morgan fingerprint density at radius 2 is 1.88 bits per heavy atom. The Bertz CT molecular complexity index is 1190. The van der Waals surface area contributed by atoms with Crippen molar-refractivity contribution in [3.05, 3.63) is 70.3 Å². The van der Waals surface area contributed by atoms with Crippen molar-refractivity contribution in [1.82, 2.24) is 4.31 Å². The molecule has 2 aliphatic heterocycles. The second-order valence-electron chi connectivity index (χ2n) is 8.29. The number of ether oxygens (including phenoxy) is 1. The lowest BCUT2D eigenvalue weighted by Gasteiger charge is -2.38. The summed E-state index contributed by atoms with van der Waals surface area (Å²) < 4.78 is 32.6. The Balaban J connectivity index is 1.46. The number of nitrogens with one attached hydrogen (secondary N) is 1. The first kappa shape index (κ1) is 21.5. The summed E-state index contributed by atoms with van der Waals surface area (Å²) in [5.74, 6) is -0.776. The van der Waals surface area contributed by atoms with E-state index in [1.807, 2.05) is 12.1 Å². The number of hydrogen-bond acceptors (Lipinski definition) is 5. The van der Waals surface area contributed by atoms with E-state index in [0.717, 1.165) is 23.2 Å². The summed E-state index contributed by atoms with van der Waals surface area (Å²) in [5, 5.41) is 13.3. The molecule has 1 saturated heterocycles. The summed E-state index contributed by atoms with van der Waals surface area (Å²) in [6, 6.07) is 10.1. The Hall–Kier alpha value is -2.39. The predicted octanol–water partition coefficient (Wildman–Crippen LogP) is 3.89. The maximum atomic E-state index is 12.9. The van der Waals surface area contributed by atoms with Crippen LogP contribution in [0.15, 0.2) is 53.4 Å². The standard InChI is InChI=1S/C23H23ClN2O5S/c24-20-13-15(23(27)28)12-19-17-2-1-3-18(17)21(25-22(19)20)14-4-6-16(7-5-14)32(29,30)26-8-10-31-11-9-26/h1-2,4-7,12-13,17-18,21,25H,3,8-11H2,(H,27,28)/t17-,18+,21+/m1/s1. The quantitative estimate of drug-likeness (QED) is 0.653. The van der Waals surface area contributed by atoms with Crippen LogP contribution in [0.3, 0.4) is 0 Å². The number of rotatable bonds is 4. The van der Waals surface area contributed by atoms with E-state index in [9.17, 15) is 18.3 Å². The van der Waals surface area contributed by atoms with E-state index in [1.54, 1.807) is 18.2 Å². The molecule has 5 rings (SSSR count). The third-order valence-electron chi connectivity index (χ3n) is 6.51. The van der Waals surface area contributed by atoms with Crippen LogP contribution in [0.2, 0.25) is 5.02 Å². The van der Waals surface area contributed by atoms with Gasteiger partial charge in [-0.2, -0.15) is 4.31 Å². The number of hydrogen-bond donors (Lipinski definition) is 2. The van der Waals surface area contributed by atoms with Gasteiger partial charge in [0, 0.05) is 19.0 Å². The average molecular weight is 475 g/mol. The SMILES string of the molecule is O=C(O)c1cc(Cl)c2c(c1)[C@@H]1C=CC[C@@H]1[C@H](c1ccc(S(=O)(=O)N3CCOCC3)cc1)N2. The zero-order chi connectivity index (χ0) is 22.5. The van der Waals surface area contributed by atoms with Crippen molar-refractivity contribution < 1.29 is 23.1 Å². The monoisotopic (exact) mass is 474 g/mol. The first-order valence-corrected chi connectivity index (χ1v) is 12.4. The zero-order valence-electron chi connectivity index (χ0n) is 17.2. The highest BCUT2D eigenvalue weighted by Gasteiger charge is 2.39. The zero-order valence-corrected chi connectivity index (χ0v) is 18.8. The number of sulfonamides is 1. The Morgan fingerprint density at radius 3 is 2.56 bits per heavy atom. The number of carboxylic acid groups (broad SMARTS) is 1. The molecule has 0 saturated carbocycles. The normalized spacial score (nSPS) is 25.1. The molecule has 1 aliphatic carbocycles. The minimum Gasteiger partial charge on any atom is -0.478 e. The molecule has 0 unspecified atom stereocenters. The molecule has 0 radical (unpaired) electrons. The molecule has 0 spiro atoms. The number of anilines is 1. The van der Waals surface area contributed by atoms with Crippen LogP contribution in [0.5, 0.6) is 0 Å². The fraction of sp³-hybridized carbons (Fsp3) is 0.348. The van der Waals surface area contributed by atoms with Gasteiger partial charge in [0.15, 0.2) is 0 Å². The molecule has 2 N–H and O–H groups in total. The highest BCUT2D eigenvalue weighted by atomic mass is 35.5. The smallest absolute Gasteiger partial charge is 0.335 e. The van der Waals surface area contributed by atoms with Crippen molar-refractivity contribution in [3.8, 4) is 0 Å². The first-order chi connectivity index (χ1) is 15.4. The average Bonchev–Trinajstić information content (AvgIpc) is 3.29. The van der Waals surface area contributed by atoms with Crippen LogP contribution >= 0.6 is 11.6 Å². The van der Waals surface area contributed by atoms with Gasteiger partial charge in [-0.3, -0.25) is 0 Å². The van der Waals surface area contributed by atoms with Gasteiger partial charge in [-0.15, -0.1) is 0 Å². The Morgan fingerprint density at radius 1 is 1.16 bits per heavy atom. The van der Waals surface area contributed by atoms with E-state index < -0.39 is 16.0 Å². The third kappa shape index (κ3) is 3.61. The molecule has 1 fully saturated rings. The number of nitrogens with zero attached hydrogens (tertiary/aromatic N) is 1. The van der Waals surface area contributed by atoms with E-state index in [4.69, 9.17) is 16.3 Å². The lowest BCUT2D eigenvalue weighted by atomic mass is 9.76. The number of allylic oxidation sites excluding steroid dienone is 2. The molecule has 32 heavy (non-hydrogen) atoms. The van der Waals surface area contributed by atoms with E-state index in [0.29, 0.717) is 31.3 Å². The van der Waals surface area contributed by atoms with Crippen LogP contribution in [0.1, 0.15) is 39.9 Å². The number of carboxylic acids is 1. The van der Waals surface area contributed by atoms with Crippen molar-refractivity contribution >= 4 is 33.3 Å². The second kappa shape index (κ2) is 8.19. The summed E-state index contributed by atoms with van der Waals surface area (Å²) in [7, 11) is -3.55. The van der Waals surface area contributed by atoms with E-state index in [-0.39, 0.29) is 28.3 Å². The van der Waals surface area contributed by atoms with Crippen LogP contribution in [-0.2, 0) is 14.8 Å². The van der Waals surface area contributed by atoms with Crippen molar-refractivity contribution in [2.45, 2.75) is 23.3 Å². The molecule has 3 aliphatic rings. The van der Waals surface area contributed by atoms with Crippen molar-refractivity contribution in [1.29, 1.82) is 0 Å². The molecule has 0 amide bonds. The Labute approximate surface area is 191 Å². The molecule has 3 atom stereocenters. The largest absolute Gasteiger partial charge is 0.478 e. The minimum atomic E-state index is -3.55. The first-order valence-electron chi connectivity index (χ1n) is 10.5. The topological polar surface area (TPSA) is 95.9 Å². The highest BCUT2D eigenvalue weighted by molar-refractivity contribution is 7.89. The fourth-order valence-corrected chi connectivity index (χ4v) is 6.58. The van der Waals surface area contributed by atoms with Crippen LogP contribution in [-0.4, -0.2) is 50.1 Å². The van der Waals surface area contributed by atoms with Gasteiger partial charge in [-0.25, -0.2) is 13.2 Å². The van der Waals surface area contributed by atoms with Gasteiger partial charge in [0.1, 0.15) is 0 Å². The van der Waals surface area contributed by atoms with E-state index >= 15 is 0 Å². The molecule has 0 aromatic heterocycles. The summed E-state index contributed by atoms with van der Waals surface area (Å²) in [5.41, 5.74) is 2.76. The van der Waals surface area contributed by atoms with Crippen LogP contribution in [0, 0.1) is 5.92 Å². The Kier molecular flexibility index (Phi) is 5.49. The van der Waals surface area contributed by atoms with Gasteiger partial charge in [-0.1, -0.05) is 35.9 Å². The van der Waals surface area contributed by atoms with Gasteiger partial charge in [0.2, 0.25) is 10.0 Å². The van der Waals surface area contributed by atoms with Crippen LogP contribution in [0.4, 0.5) is 5.69 Å². The lowest BCUT2D eigenvalue weighted by molar-refractivity contribution is 0.0696. The molecule has 2 aromatic carbocycles. The van der Waals surface area contributed by atoms with Gasteiger partial charge in [0.25, 0.3) is 0 Å². The summed E-state index contributed by atoms with van der Waals surface area (Å²) in [6.07, 6.45) is 5.05. The molecule has 2 heterocycles. The van der Waals surface area contributed by atoms with Crippen LogP contribution < -0.4 is 5.32 Å². The maximum absolute atomic E-state index is 12.9. The third-order valence-corrected chi connectivity index (χ3v) is 8.73. The fourth-order valence-electron chi connectivity index (χ4n) is 4.89. The van der Waals surface area contributed by atoms with E-state index in [1.165, 1.54) is 10.4 Å². The number of fused-ring (bicyclic) bond motifs is 3. The minimum absolute atomic E-state index is 0.0461. The van der Waals surface area contributed by atoms with Gasteiger partial charge < -0.3 is 15.2 Å². The number of benzene rings is 2. The number of morpholine rings is 1. The summed E-state index contributed by atoms with van der Waals surface area (Å²) in [6.45, 7) is 1.53. The molecular formula is C23H23ClN2O5S. The van der Waals surface area contributed by atoms with Crippen molar-refractivity contribution in [3.63, 3.8) is 0 Å². The number of aromatic carboxylic acids is 1. The van der Waals surface area contributed by atoms with Gasteiger partial charge in [-0.05, 0) is 47.7 Å². The highest BCUT2D eigenvalue weighted by Crippen LogP contribution is 2.51. The molecular weight excluding hydrogens is 452 g/mol. The van der Waals surface area contributed by atoms with Gasteiger partial charge >= 0.3 is 5.97 Å². The number of carbonyl (C=O) groups is 1. The predicted molar refractivity (Wildman–Crippen MR) is 121 cm³/mol. The summed E-state index contributed by atoms with van der Waals surface area (Å²) >= 11 is 6.46. The summed E-state index contributed by atoms with van der Waals surface area (Å²) in [4.78, 5) is 11.8. The molecule has 9 heteroatoms. The van der Waals surface area contributed by atoms with Crippen LogP contribution in [0.25, 0.3) is 0 Å². The van der Waals surface area contributed by atoms with E-state index in [2.05, 4.69) is 17.5 Å². The maximum Gasteiger partial charge on any atom is 0.335 e. The molecule has 168 valence electrons. The molecule has 7 nitrogen and oxygen atoms in total. The molecule has 0 bridgehead atoms. The van der Waals surface area contributed by atoms with Crippen molar-refractivity contribution in [2.24, 2.45) is 5.92 Å². The number of halogens is 1. The van der Waals surface area contributed by atoms with Crippen molar-refractivity contribution in [2.75, 3.05) is 31.6 Å². The second-order valence-corrected chi connectivity index (χ2v) is 10.6.